The van der Waals surface area contributed by atoms with E-state index in [9.17, 15) is 4.79 Å². The van der Waals surface area contributed by atoms with E-state index in [0.717, 1.165) is 28.8 Å². The number of hydrogen-bond acceptors (Lipinski definition) is 5. The highest BCUT2D eigenvalue weighted by Gasteiger charge is 2.34. The van der Waals surface area contributed by atoms with Crippen LogP contribution in [0.25, 0.3) is 0 Å². The number of amidine groups is 1. The van der Waals surface area contributed by atoms with E-state index in [1.165, 1.54) is 22.5 Å². The fraction of sp³-hybridized carbons (Fsp3) is 0.312. The van der Waals surface area contributed by atoms with Crippen molar-refractivity contribution in [3.8, 4) is 0 Å². The molecule has 1 aromatic carbocycles. The van der Waals surface area contributed by atoms with Crippen LogP contribution in [0, 0.1) is 0 Å². The topological polar surface area (TPSA) is 65.8 Å². The lowest BCUT2D eigenvalue weighted by Gasteiger charge is -2.32. The van der Waals surface area contributed by atoms with Gasteiger partial charge in [0.25, 0.3) is 0 Å². The Labute approximate surface area is 142 Å². The third-order valence-corrected chi connectivity index (χ3v) is 6.09. The number of carboxylic acid groups (broad SMARTS) is 1. The molecule has 0 saturated carbocycles. The molecule has 4 rings (SSSR count). The highest BCUT2D eigenvalue weighted by atomic mass is 32.2. The van der Waals surface area contributed by atoms with E-state index in [2.05, 4.69) is 39.1 Å². The van der Waals surface area contributed by atoms with Crippen LogP contribution >= 0.6 is 23.1 Å². The Kier molecular flexibility index (Phi) is 3.82. The van der Waals surface area contributed by atoms with E-state index < -0.39 is 5.97 Å². The summed E-state index contributed by atoms with van der Waals surface area (Å²) in [6, 6.07) is 9.07. The van der Waals surface area contributed by atoms with Crippen LogP contribution in [0.3, 0.4) is 0 Å². The largest absolute Gasteiger partial charge is 0.481 e. The number of thiazole rings is 1. The first kappa shape index (κ1) is 14.7. The van der Waals surface area contributed by atoms with Gasteiger partial charge in [0, 0.05) is 29.4 Å². The molecule has 1 aromatic heterocycles. The number of aliphatic carboxylic acids is 1. The van der Waals surface area contributed by atoms with Gasteiger partial charge in [-0.2, -0.15) is 4.99 Å². The van der Waals surface area contributed by atoms with Gasteiger partial charge in [-0.3, -0.25) is 4.79 Å². The molecule has 23 heavy (non-hydrogen) atoms. The standard InChI is InChI=1S/C16H15N3O2S2/c20-14(21)6-13-7-17-15(23-13)18-16-19-8-11-4-2-1-3-10(11)5-12(19)9-22-16/h1-4,7,12H,5-6,8-9H2,(H,20,21). The molecule has 0 bridgehead atoms. The van der Waals surface area contributed by atoms with Crippen LogP contribution in [-0.4, -0.2) is 37.9 Å². The summed E-state index contributed by atoms with van der Waals surface area (Å²) in [5, 5.41) is 10.5. The van der Waals surface area contributed by atoms with Gasteiger partial charge in [-0.05, 0) is 17.5 Å². The van der Waals surface area contributed by atoms with E-state index in [0.29, 0.717) is 11.2 Å². The van der Waals surface area contributed by atoms with Gasteiger partial charge in [-0.15, -0.1) is 0 Å². The second-order valence-electron chi connectivity index (χ2n) is 5.64. The van der Waals surface area contributed by atoms with Gasteiger partial charge < -0.3 is 10.0 Å². The Balaban J connectivity index is 1.56. The molecule has 2 aliphatic rings. The molecule has 7 heteroatoms. The van der Waals surface area contributed by atoms with Crippen LogP contribution in [0.5, 0.6) is 0 Å². The fourth-order valence-electron chi connectivity index (χ4n) is 2.97. The lowest BCUT2D eigenvalue weighted by Crippen LogP contribution is -2.38. The maximum absolute atomic E-state index is 10.8. The van der Waals surface area contributed by atoms with Crippen molar-refractivity contribution in [2.75, 3.05) is 5.75 Å². The van der Waals surface area contributed by atoms with Crippen LogP contribution in [0.4, 0.5) is 5.13 Å². The van der Waals surface area contributed by atoms with E-state index in [1.807, 2.05) is 0 Å². The number of benzene rings is 1. The van der Waals surface area contributed by atoms with Crippen molar-refractivity contribution in [2.45, 2.75) is 25.4 Å². The molecule has 0 amide bonds. The first-order valence-electron chi connectivity index (χ1n) is 7.40. The summed E-state index contributed by atoms with van der Waals surface area (Å²) in [5.74, 6) is 0.205. The minimum Gasteiger partial charge on any atom is -0.481 e. The van der Waals surface area contributed by atoms with Crippen molar-refractivity contribution < 1.29 is 9.90 Å². The quantitative estimate of drug-likeness (QED) is 0.926. The first-order valence-corrected chi connectivity index (χ1v) is 9.20. The smallest absolute Gasteiger partial charge is 0.308 e. The molecule has 1 unspecified atom stereocenters. The third kappa shape index (κ3) is 2.98. The summed E-state index contributed by atoms with van der Waals surface area (Å²) in [5.41, 5.74) is 2.80. The van der Waals surface area contributed by atoms with Crippen LogP contribution in [-0.2, 0) is 24.2 Å². The van der Waals surface area contributed by atoms with Crippen LogP contribution in [0.2, 0.25) is 0 Å². The average molecular weight is 345 g/mol. The summed E-state index contributed by atoms with van der Waals surface area (Å²) in [4.78, 5) is 22.8. The number of carbonyl (C=O) groups is 1. The third-order valence-electron chi connectivity index (χ3n) is 4.06. The summed E-state index contributed by atoms with van der Waals surface area (Å²) < 4.78 is 0. The maximum atomic E-state index is 10.8. The number of rotatable bonds is 3. The monoisotopic (exact) mass is 345 g/mol. The summed E-state index contributed by atoms with van der Waals surface area (Å²) in [7, 11) is 0. The zero-order valence-corrected chi connectivity index (χ0v) is 13.9. The number of nitrogens with zero attached hydrogens (tertiary/aromatic N) is 3. The highest BCUT2D eigenvalue weighted by molar-refractivity contribution is 8.14. The molecular weight excluding hydrogens is 330 g/mol. The summed E-state index contributed by atoms with van der Waals surface area (Å²) >= 11 is 3.12. The molecule has 3 heterocycles. The van der Waals surface area contributed by atoms with Gasteiger partial charge in [-0.1, -0.05) is 47.4 Å². The van der Waals surface area contributed by atoms with Crippen molar-refractivity contribution in [3.05, 3.63) is 46.5 Å². The second kappa shape index (κ2) is 5.98. The minimum atomic E-state index is -0.837. The Morgan fingerprint density at radius 1 is 1.39 bits per heavy atom. The van der Waals surface area contributed by atoms with Gasteiger partial charge in [0.05, 0.1) is 6.42 Å². The van der Waals surface area contributed by atoms with E-state index >= 15 is 0 Å². The molecule has 1 fully saturated rings. The van der Waals surface area contributed by atoms with Crippen molar-refractivity contribution in [2.24, 2.45) is 4.99 Å². The Bertz CT molecular complexity index is 787. The van der Waals surface area contributed by atoms with Crippen molar-refractivity contribution >= 4 is 39.4 Å². The molecule has 2 aliphatic heterocycles. The van der Waals surface area contributed by atoms with Gasteiger partial charge in [0.15, 0.2) is 5.17 Å². The number of carboxylic acids is 1. The Morgan fingerprint density at radius 3 is 3.04 bits per heavy atom. The lowest BCUT2D eigenvalue weighted by atomic mass is 9.95. The maximum Gasteiger partial charge on any atom is 0.308 e. The van der Waals surface area contributed by atoms with Gasteiger partial charge in [0.2, 0.25) is 5.13 Å². The molecule has 0 radical (unpaired) electrons. The van der Waals surface area contributed by atoms with Gasteiger partial charge in [0.1, 0.15) is 0 Å². The van der Waals surface area contributed by atoms with Crippen LogP contribution in [0.15, 0.2) is 35.5 Å². The Hall–Kier alpha value is -1.86. The van der Waals surface area contributed by atoms with Gasteiger partial charge >= 0.3 is 5.97 Å². The second-order valence-corrected chi connectivity index (χ2v) is 7.72. The number of fused-ring (bicyclic) bond motifs is 2. The minimum absolute atomic E-state index is 0.00930. The van der Waals surface area contributed by atoms with E-state index in [1.54, 1.807) is 18.0 Å². The molecular formula is C16H15N3O2S2. The predicted octanol–water partition coefficient (Wildman–Crippen LogP) is 2.93. The predicted molar refractivity (Wildman–Crippen MR) is 92.5 cm³/mol. The molecule has 5 nitrogen and oxygen atoms in total. The molecule has 1 atom stereocenters. The molecule has 0 spiro atoms. The molecule has 1 saturated heterocycles. The SMILES string of the molecule is O=C(O)Cc1cnc(N=C2SCC3Cc4ccccc4CN23)s1. The first-order chi connectivity index (χ1) is 11.2. The highest BCUT2D eigenvalue weighted by Crippen LogP contribution is 2.35. The normalized spacial score (nSPS) is 21.3. The van der Waals surface area contributed by atoms with E-state index in [4.69, 9.17) is 5.11 Å². The van der Waals surface area contributed by atoms with Crippen LogP contribution < -0.4 is 0 Å². The summed E-state index contributed by atoms with van der Waals surface area (Å²) in [6.07, 6.45) is 2.68. The van der Waals surface area contributed by atoms with Gasteiger partial charge in [-0.25, -0.2) is 4.98 Å². The molecule has 2 aromatic rings. The molecule has 0 aliphatic carbocycles. The lowest BCUT2D eigenvalue weighted by molar-refractivity contribution is -0.136. The number of aliphatic imine (C=N–C) groups is 1. The van der Waals surface area contributed by atoms with Crippen molar-refractivity contribution in [1.29, 1.82) is 0 Å². The Morgan fingerprint density at radius 2 is 2.22 bits per heavy atom. The van der Waals surface area contributed by atoms with E-state index in [-0.39, 0.29) is 6.42 Å². The number of thioether (sulfide) groups is 1. The van der Waals surface area contributed by atoms with Crippen molar-refractivity contribution in [3.63, 3.8) is 0 Å². The number of hydrogen-bond donors (Lipinski definition) is 1. The van der Waals surface area contributed by atoms with Crippen LogP contribution in [0.1, 0.15) is 16.0 Å². The summed E-state index contributed by atoms with van der Waals surface area (Å²) in [6.45, 7) is 0.889. The zero-order chi connectivity index (χ0) is 15.8. The molecule has 118 valence electrons. The fourth-order valence-corrected chi connectivity index (χ4v) is 4.97. The average Bonchev–Trinajstić information content (AvgIpc) is 3.12. The number of aromatic nitrogens is 1. The zero-order valence-electron chi connectivity index (χ0n) is 12.3. The molecule has 1 N–H and O–H groups in total. The van der Waals surface area contributed by atoms with Crippen molar-refractivity contribution in [1.82, 2.24) is 9.88 Å².